The first-order chi connectivity index (χ1) is 10.1. The van der Waals surface area contributed by atoms with Gasteiger partial charge in [-0.2, -0.15) is 0 Å². The number of fused-ring (bicyclic) bond motifs is 1. The topological polar surface area (TPSA) is 46.2 Å². The van der Waals surface area contributed by atoms with Crippen molar-refractivity contribution in [2.24, 2.45) is 5.73 Å². The molecule has 0 saturated heterocycles. The summed E-state index contributed by atoms with van der Waals surface area (Å²) >= 11 is 3.14. The smallest absolute Gasteiger partial charge is 0.137 e. The van der Waals surface area contributed by atoms with E-state index in [1.165, 1.54) is 11.6 Å². The highest BCUT2D eigenvalue weighted by Gasteiger charge is 2.44. The quantitative estimate of drug-likeness (QED) is 0.891. The lowest BCUT2D eigenvalue weighted by Crippen LogP contribution is -2.39. The van der Waals surface area contributed by atoms with Crippen LogP contribution in [0.25, 0.3) is 0 Å². The van der Waals surface area contributed by atoms with Crippen LogP contribution in [0.5, 0.6) is 0 Å². The predicted octanol–water partition coefficient (Wildman–Crippen LogP) is 3.46. The van der Waals surface area contributed by atoms with E-state index in [-0.39, 0.29) is 5.82 Å². The van der Waals surface area contributed by atoms with Crippen LogP contribution in [0.1, 0.15) is 29.2 Å². The van der Waals surface area contributed by atoms with Crippen LogP contribution < -0.4 is 5.73 Å². The van der Waals surface area contributed by atoms with Crippen LogP contribution in [0.15, 0.2) is 46.9 Å². The van der Waals surface area contributed by atoms with Crippen molar-refractivity contribution in [2.45, 2.75) is 24.4 Å². The fourth-order valence-electron chi connectivity index (χ4n) is 3.33. The molecule has 21 heavy (non-hydrogen) atoms. The summed E-state index contributed by atoms with van der Waals surface area (Å²) in [6, 6.07) is 12.8. The van der Waals surface area contributed by atoms with Gasteiger partial charge in [-0.3, -0.25) is 0 Å². The number of aliphatic hydroxyl groups excluding tert-OH is 1. The molecular weight excluding hydrogens is 333 g/mol. The van der Waals surface area contributed by atoms with Crippen molar-refractivity contribution in [1.82, 2.24) is 0 Å². The summed E-state index contributed by atoms with van der Waals surface area (Å²) in [5, 5.41) is 10.9. The molecule has 0 aromatic heterocycles. The molecule has 0 fully saturated rings. The van der Waals surface area contributed by atoms with Crippen molar-refractivity contribution in [3.05, 3.63) is 69.4 Å². The zero-order valence-electron chi connectivity index (χ0n) is 11.5. The third kappa shape index (κ3) is 2.31. The molecule has 4 heteroatoms. The number of halogens is 2. The summed E-state index contributed by atoms with van der Waals surface area (Å²) in [5.41, 5.74) is 8.37. The van der Waals surface area contributed by atoms with Gasteiger partial charge in [-0.1, -0.05) is 30.3 Å². The Hall–Kier alpha value is -1.23. The SMILES string of the molecule is NCC1(C(O)c2ccc(Br)c(F)c2)CCc2ccccc21. The van der Waals surface area contributed by atoms with Gasteiger partial charge in [-0.25, -0.2) is 4.39 Å². The van der Waals surface area contributed by atoms with E-state index in [4.69, 9.17) is 5.73 Å². The molecule has 3 rings (SSSR count). The van der Waals surface area contributed by atoms with Crippen LogP contribution in [0.3, 0.4) is 0 Å². The number of rotatable bonds is 3. The van der Waals surface area contributed by atoms with Gasteiger partial charge >= 0.3 is 0 Å². The molecule has 0 spiro atoms. The van der Waals surface area contributed by atoms with E-state index < -0.39 is 11.5 Å². The van der Waals surface area contributed by atoms with Crippen LogP contribution in [0, 0.1) is 5.82 Å². The van der Waals surface area contributed by atoms with E-state index in [2.05, 4.69) is 22.0 Å². The molecule has 0 aliphatic heterocycles. The van der Waals surface area contributed by atoms with E-state index in [1.807, 2.05) is 18.2 Å². The number of hydrogen-bond donors (Lipinski definition) is 2. The lowest BCUT2D eigenvalue weighted by Gasteiger charge is -2.34. The lowest BCUT2D eigenvalue weighted by atomic mass is 9.74. The fraction of sp³-hybridized carbons (Fsp3) is 0.294. The minimum absolute atomic E-state index is 0.336. The molecule has 0 radical (unpaired) electrons. The molecule has 0 amide bonds. The zero-order chi connectivity index (χ0) is 15.0. The van der Waals surface area contributed by atoms with Gasteiger partial charge in [0.15, 0.2) is 0 Å². The highest BCUT2D eigenvalue weighted by Crippen LogP contribution is 2.46. The third-order valence-electron chi connectivity index (χ3n) is 4.54. The molecule has 2 nitrogen and oxygen atoms in total. The summed E-state index contributed by atoms with van der Waals surface area (Å²) in [5.74, 6) is -0.370. The van der Waals surface area contributed by atoms with E-state index in [9.17, 15) is 9.50 Å². The Morgan fingerprint density at radius 2 is 2.05 bits per heavy atom. The van der Waals surface area contributed by atoms with Gasteiger partial charge in [0.2, 0.25) is 0 Å². The van der Waals surface area contributed by atoms with Crippen LogP contribution >= 0.6 is 15.9 Å². The molecule has 3 N–H and O–H groups in total. The molecule has 2 unspecified atom stereocenters. The van der Waals surface area contributed by atoms with Crippen molar-refractivity contribution < 1.29 is 9.50 Å². The van der Waals surface area contributed by atoms with E-state index in [0.29, 0.717) is 16.6 Å². The van der Waals surface area contributed by atoms with Gasteiger partial charge in [0.05, 0.1) is 10.6 Å². The third-order valence-corrected chi connectivity index (χ3v) is 5.18. The standard InChI is InChI=1S/C17H17BrFNO/c18-14-6-5-12(9-15(14)19)16(21)17(10-20)8-7-11-3-1-2-4-13(11)17/h1-6,9,16,21H,7-8,10,20H2. The average Bonchev–Trinajstić information content (AvgIpc) is 2.89. The summed E-state index contributed by atoms with van der Waals surface area (Å²) in [7, 11) is 0. The van der Waals surface area contributed by atoms with Gasteiger partial charge in [-0.15, -0.1) is 0 Å². The first kappa shape index (κ1) is 14.7. The van der Waals surface area contributed by atoms with Crippen LogP contribution in [-0.2, 0) is 11.8 Å². The predicted molar refractivity (Wildman–Crippen MR) is 84.6 cm³/mol. The first-order valence-electron chi connectivity index (χ1n) is 7.00. The molecule has 1 aliphatic rings. The molecule has 0 heterocycles. The lowest BCUT2D eigenvalue weighted by molar-refractivity contribution is 0.0837. The van der Waals surface area contributed by atoms with Gasteiger partial charge in [0.1, 0.15) is 5.82 Å². The Balaban J connectivity index is 2.06. The van der Waals surface area contributed by atoms with Crippen molar-refractivity contribution >= 4 is 15.9 Å². The molecule has 1 aliphatic carbocycles. The summed E-state index contributed by atoms with van der Waals surface area (Å²) in [4.78, 5) is 0. The second kappa shape index (κ2) is 5.52. The maximum Gasteiger partial charge on any atom is 0.137 e. The first-order valence-corrected chi connectivity index (χ1v) is 7.79. The Bertz CT molecular complexity index is 676. The van der Waals surface area contributed by atoms with Gasteiger partial charge in [0.25, 0.3) is 0 Å². The highest BCUT2D eigenvalue weighted by atomic mass is 79.9. The van der Waals surface area contributed by atoms with Crippen LogP contribution in [-0.4, -0.2) is 11.7 Å². The zero-order valence-corrected chi connectivity index (χ0v) is 13.1. The number of benzene rings is 2. The van der Waals surface area contributed by atoms with Gasteiger partial charge < -0.3 is 10.8 Å². The minimum atomic E-state index is -0.811. The number of hydrogen-bond acceptors (Lipinski definition) is 2. The average molecular weight is 350 g/mol. The van der Waals surface area contributed by atoms with Gasteiger partial charge in [0, 0.05) is 12.0 Å². The summed E-state index contributed by atoms with van der Waals surface area (Å²) < 4.78 is 14.2. The summed E-state index contributed by atoms with van der Waals surface area (Å²) in [6.07, 6.45) is 0.860. The van der Waals surface area contributed by atoms with Crippen molar-refractivity contribution in [1.29, 1.82) is 0 Å². The van der Waals surface area contributed by atoms with Gasteiger partial charge in [-0.05, 0) is 57.6 Å². The number of aliphatic hydroxyl groups is 1. The maximum absolute atomic E-state index is 13.8. The second-order valence-corrected chi connectivity index (χ2v) is 6.45. The fourth-order valence-corrected chi connectivity index (χ4v) is 3.57. The largest absolute Gasteiger partial charge is 0.387 e. The van der Waals surface area contributed by atoms with Crippen molar-refractivity contribution in [3.8, 4) is 0 Å². The van der Waals surface area contributed by atoms with Crippen LogP contribution in [0.4, 0.5) is 4.39 Å². The molecular formula is C17H17BrFNO. The summed E-state index contributed by atoms with van der Waals surface area (Å²) in [6.45, 7) is 0.336. The molecule has 2 aromatic rings. The normalized spacial score (nSPS) is 22.1. The molecule has 0 saturated carbocycles. The molecule has 2 aromatic carbocycles. The minimum Gasteiger partial charge on any atom is -0.387 e. The number of nitrogens with two attached hydrogens (primary N) is 1. The molecule has 110 valence electrons. The van der Waals surface area contributed by atoms with Crippen molar-refractivity contribution in [2.75, 3.05) is 6.54 Å². The van der Waals surface area contributed by atoms with Crippen molar-refractivity contribution in [3.63, 3.8) is 0 Å². The van der Waals surface area contributed by atoms with E-state index in [0.717, 1.165) is 18.4 Å². The number of aryl methyl sites for hydroxylation is 1. The Morgan fingerprint density at radius 1 is 1.29 bits per heavy atom. The van der Waals surface area contributed by atoms with E-state index in [1.54, 1.807) is 12.1 Å². The Kier molecular flexibility index (Phi) is 3.86. The second-order valence-electron chi connectivity index (χ2n) is 5.59. The molecule has 2 atom stereocenters. The highest BCUT2D eigenvalue weighted by molar-refractivity contribution is 9.10. The maximum atomic E-state index is 13.8. The van der Waals surface area contributed by atoms with Crippen LogP contribution in [0.2, 0.25) is 0 Å². The van der Waals surface area contributed by atoms with E-state index >= 15 is 0 Å². The monoisotopic (exact) mass is 349 g/mol. The Morgan fingerprint density at radius 3 is 2.76 bits per heavy atom. The Labute approximate surface area is 131 Å². The molecule has 0 bridgehead atoms.